The molecule has 0 amide bonds. The molecular formula is C17H16ClN5O2. The molecule has 1 saturated heterocycles. The minimum atomic E-state index is -0.331. The molecule has 0 spiro atoms. The Bertz CT molecular complexity index is 932. The standard InChI is InChI=1S/C17H16ClN5O2/c18-14-8-12(9-20-17(14)24)16-21-15(11-3-6-25-7-4-11)22-23(16)13-2-1-5-19-10-13/h1-2,5,8-11H,3-4,6-7H2,(H,20,24). The van der Waals surface area contributed by atoms with Crippen molar-refractivity contribution in [1.82, 2.24) is 24.7 Å². The summed E-state index contributed by atoms with van der Waals surface area (Å²) in [6.07, 6.45) is 6.81. The Morgan fingerprint density at radius 1 is 1.32 bits per heavy atom. The van der Waals surface area contributed by atoms with Crippen molar-refractivity contribution in [2.75, 3.05) is 13.2 Å². The normalized spacial score (nSPS) is 15.4. The molecule has 0 aliphatic carbocycles. The molecule has 0 atom stereocenters. The van der Waals surface area contributed by atoms with Gasteiger partial charge in [-0.2, -0.15) is 5.10 Å². The van der Waals surface area contributed by atoms with Crippen LogP contribution in [0.5, 0.6) is 0 Å². The molecule has 1 aliphatic heterocycles. The van der Waals surface area contributed by atoms with Crippen molar-refractivity contribution >= 4 is 11.6 Å². The molecule has 0 aromatic carbocycles. The summed E-state index contributed by atoms with van der Waals surface area (Å²) in [5.74, 6) is 1.64. The Labute approximate surface area is 148 Å². The average Bonchev–Trinajstić information content (AvgIpc) is 3.11. The van der Waals surface area contributed by atoms with E-state index >= 15 is 0 Å². The van der Waals surface area contributed by atoms with Gasteiger partial charge in [-0.25, -0.2) is 9.67 Å². The first-order valence-electron chi connectivity index (χ1n) is 8.06. The SMILES string of the molecule is O=c1[nH]cc(-c2nc(C3CCOCC3)nn2-c2cccnc2)cc1Cl. The summed E-state index contributed by atoms with van der Waals surface area (Å²) in [4.78, 5) is 23.1. The molecule has 4 heterocycles. The first-order valence-corrected chi connectivity index (χ1v) is 8.44. The number of aromatic amines is 1. The molecule has 1 aliphatic rings. The van der Waals surface area contributed by atoms with Crippen LogP contribution in [0.15, 0.2) is 41.6 Å². The van der Waals surface area contributed by atoms with Gasteiger partial charge in [0.25, 0.3) is 5.56 Å². The van der Waals surface area contributed by atoms with Crippen LogP contribution in [0.4, 0.5) is 0 Å². The van der Waals surface area contributed by atoms with Crippen LogP contribution in [-0.4, -0.2) is 37.9 Å². The smallest absolute Gasteiger partial charge is 0.266 e. The zero-order valence-electron chi connectivity index (χ0n) is 13.4. The monoisotopic (exact) mass is 357 g/mol. The van der Waals surface area contributed by atoms with Gasteiger partial charge in [0.05, 0.1) is 11.9 Å². The lowest BCUT2D eigenvalue weighted by Crippen LogP contribution is -2.15. The minimum Gasteiger partial charge on any atom is -0.381 e. The summed E-state index contributed by atoms with van der Waals surface area (Å²) in [5, 5.41) is 4.82. The molecule has 3 aromatic rings. The third-order valence-corrected chi connectivity index (χ3v) is 4.50. The molecule has 3 aromatic heterocycles. The van der Waals surface area contributed by atoms with Crippen LogP contribution in [0.1, 0.15) is 24.6 Å². The quantitative estimate of drug-likeness (QED) is 0.778. The van der Waals surface area contributed by atoms with Crippen LogP contribution in [0.25, 0.3) is 17.1 Å². The molecule has 0 bridgehead atoms. The van der Waals surface area contributed by atoms with Crippen molar-refractivity contribution in [2.45, 2.75) is 18.8 Å². The Morgan fingerprint density at radius 3 is 2.88 bits per heavy atom. The predicted octanol–water partition coefficient (Wildman–Crippen LogP) is 2.57. The van der Waals surface area contributed by atoms with E-state index in [-0.39, 0.29) is 16.5 Å². The lowest BCUT2D eigenvalue weighted by Gasteiger charge is -2.18. The van der Waals surface area contributed by atoms with E-state index in [0.29, 0.717) is 24.6 Å². The van der Waals surface area contributed by atoms with Crippen molar-refractivity contribution in [3.05, 3.63) is 58.0 Å². The molecule has 7 nitrogen and oxygen atoms in total. The molecule has 128 valence electrons. The van der Waals surface area contributed by atoms with Gasteiger partial charge in [0.1, 0.15) is 5.02 Å². The Balaban J connectivity index is 1.84. The fraction of sp³-hybridized carbons (Fsp3) is 0.294. The van der Waals surface area contributed by atoms with Crippen LogP contribution in [0.3, 0.4) is 0 Å². The number of halogens is 1. The number of rotatable bonds is 3. The third-order valence-electron chi connectivity index (χ3n) is 4.22. The van der Waals surface area contributed by atoms with E-state index in [1.54, 1.807) is 29.3 Å². The highest BCUT2D eigenvalue weighted by Gasteiger charge is 2.23. The first-order chi connectivity index (χ1) is 12.2. The Morgan fingerprint density at radius 2 is 2.16 bits per heavy atom. The lowest BCUT2D eigenvalue weighted by molar-refractivity contribution is 0.0836. The highest BCUT2D eigenvalue weighted by atomic mass is 35.5. The summed E-state index contributed by atoms with van der Waals surface area (Å²) in [7, 11) is 0. The second-order valence-corrected chi connectivity index (χ2v) is 6.28. The zero-order valence-corrected chi connectivity index (χ0v) is 14.1. The van der Waals surface area contributed by atoms with E-state index in [2.05, 4.69) is 9.97 Å². The third kappa shape index (κ3) is 3.20. The molecule has 4 rings (SSSR count). The van der Waals surface area contributed by atoms with Gasteiger partial charge < -0.3 is 9.72 Å². The van der Waals surface area contributed by atoms with Crippen LogP contribution in [0, 0.1) is 0 Å². The molecule has 0 radical (unpaired) electrons. The van der Waals surface area contributed by atoms with Gasteiger partial charge in [-0.1, -0.05) is 11.6 Å². The molecule has 8 heteroatoms. The fourth-order valence-corrected chi connectivity index (χ4v) is 3.06. The van der Waals surface area contributed by atoms with E-state index in [9.17, 15) is 4.79 Å². The van der Waals surface area contributed by atoms with Gasteiger partial charge in [-0.15, -0.1) is 0 Å². The summed E-state index contributed by atoms with van der Waals surface area (Å²) in [5.41, 5.74) is 1.16. The molecule has 1 N–H and O–H groups in total. The van der Waals surface area contributed by atoms with E-state index in [0.717, 1.165) is 24.4 Å². The number of H-pyrrole nitrogens is 1. The number of aromatic nitrogens is 5. The molecule has 0 unspecified atom stereocenters. The highest BCUT2D eigenvalue weighted by Crippen LogP contribution is 2.28. The zero-order chi connectivity index (χ0) is 17.2. The van der Waals surface area contributed by atoms with Crippen molar-refractivity contribution in [3.8, 4) is 17.1 Å². The van der Waals surface area contributed by atoms with Crippen LogP contribution in [0.2, 0.25) is 5.02 Å². The van der Waals surface area contributed by atoms with Crippen molar-refractivity contribution in [2.24, 2.45) is 0 Å². The lowest BCUT2D eigenvalue weighted by atomic mass is 10.00. The van der Waals surface area contributed by atoms with Gasteiger partial charge in [0.2, 0.25) is 0 Å². The second-order valence-electron chi connectivity index (χ2n) is 5.87. The maximum atomic E-state index is 11.6. The van der Waals surface area contributed by atoms with Crippen LogP contribution < -0.4 is 5.56 Å². The van der Waals surface area contributed by atoms with Gasteiger partial charge in [0.15, 0.2) is 11.6 Å². The molecule has 0 saturated carbocycles. The number of hydrogen-bond donors (Lipinski definition) is 1. The first kappa shape index (κ1) is 16.0. The maximum absolute atomic E-state index is 11.6. The topological polar surface area (TPSA) is 85.7 Å². The summed E-state index contributed by atoms with van der Waals surface area (Å²) in [6.45, 7) is 1.43. The number of pyridine rings is 2. The summed E-state index contributed by atoms with van der Waals surface area (Å²) < 4.78 is 7.16. The minimum absolute atomic E-state index is 0.117. The van der Waals surface area contributed by atoms with Crippen LogP contribution >= 0.6 is 11.6 Å². The number of hydrogen-bond acceptors (Lipinski definition) is 5. The van der Waals surface area contributed by atoms with Gasteiger partial charge in [-0.3, -0.25) is 9.78 Å². The van der Waals surface area contributed by atoms with Gasteiger partial charge in [0, 0.05) is 37.1 Å². The van der Waals surface area contributed by atoms with Crippen molar-refractivity contribution in [1.29, 1.82) is 0 Å². The summed E-state index contributed by atoms with van der Waals surface area (Å²) in [6, 6.07) is 5.35. The van der Waals surface area contributed by atoms with Gasteiger partial charge >= 0.3 is 0 Å². The van der Waals surface area contributed by atoms with E-state index in [4.69, 9.17) is 26.4 Å². The predicted molar refractivity (Wildman–Crippen MR) is 93.0 cm³/mol. The largest absolute Gasteiger partial charge is 0.381 e. The van der Waals surface area contributed by atoms with E-state index in [1.807, 2.05) is 12.1 Å². The van der Waals surface area contributed by atoms with E-state index in [1.165, 1.54) is 0 Å². The van der Waals surface area contributed by atoms with Gasteiger partial charge in [-0.05, 0) is 31.0 Å². The van der Waals surface area contributed by atoms with E-state index < -0.39 is 0 Å². The van der Waals surface area contributed by atoms with Crippen molar-refractivity contribution < 1.29 is 4.74 Å². The number of ether oxygens (including phenoxy) is 1. The fourth-order valence-electron chi connectivity index (χ4n) is 2.89. The molecule has 25 heavy (non-hydrogen) atoms. The Hall–Kier alpha value is -2.51. The highest BCUT2D eigenvalue weighted by molar-refractivity contribution is 6.30. The molecule has 1 fully saturated rings. The number of nitrogens with zero attached hydrogens (tertiary/aromatic N) is 4. The molecular weight excluding hydrogens is 342 g/mol. The Kier molecular flexibility index (Phi) is 4.33. The number of nitrogens with one attached hydrogen (secondary N) is 1. The average molecular weight is 358 g/mol. The van der Waals surface area contributed by atoms with Crippen LogP contribution in [-0.2, 0) is 4.74 Å². The second kappa shape index (κ2) is 6.78. The van der Waals surface area contributed by atoms with Crippen molar-refractivity contribution in [3.63, 3.8) is 0 Å². The summed E-state index contributed by atoms with van der Waals surface area (Å²) >= 11 is 5.99. The maximum Gasteiger partial charge on any atom is 0.266 e.